The Labute approximate surface area is 123 Å². The Kier molecular flexibility index (Phi) is 4.43. The van der Waals surface area contributed by atoms with Crippen LogP contribution >= 0.6 is 0 Å². The molecule has 0 aromatic heterocycles. The molecule has 0 saturated heterocycles. The van der Waals surface area contributed by atoms with Crippen LogP contribution in [0.5, 0.6) is 0 Å². The lowest BCUT2D eigenvalue weighted by Gasteiger charge is -2.38. The number of nitriles is 1. The second-order valence-electron chi connectivity index (χ2n) is 5.87. The van der Waals surface area contributed by atoms with Gasteiger partial charge in [-0.2, -0.15) is 5.26 Å². The van der Waals surface area contributed by atoms with Gasteiger partial charge in [-0.25, -0.2) is 0 Å². The van der Waals surface area contributed by atoms with Crippen molar-refractivity contribution in [1.82, 2.24) is 0 Å². The molecule has 6 nitrogen and oxygen atoms in total. The average Bonchev–Trinajstić information content (AvgIpc) is 2.48. The van der Waals surface area contributed by atoms with Crippen LogP contribution in [0.3, 0.4) is 0 Å². The van der Waals surface area contributed by atoms with Crippen LogP contribution in [0, 0.1) is 26.9 Å². The summed E-state index contributed by atoms with van der Waals surface area (Å²) in [5, 5.41) is 33.1. The standard InChI is InChI=1S/C15H19N3O3/c1-15(7-3-2-4-14(15)19)10-17-12-6-5-11(9-16)8-13(12)18(20)21/h5-6,8,14,17,19H,2-4,7,10H2,1H3. The van der Waals surface area contributed by atoms with E-state index in [-0.39, 0.29) is 16.7 Å². The molecule has 0 aliphatic heterocycles. The van der Waals surface area contributed by atoms with Crippen LogP contribution in [0.4, 0.5) is 11.4 Å². The van der Waals surface area contributed by atoms with Crippen LogP contribution in [0.1, 0.15) is 38.2 Å². The number of nitro groups is 1. The minimum Gasteiger partial charge on any atom is -0.392 e. The van der Waals surface area contributed by atoms with Gasteiger partial charge in [-0.05, 0) is 25.0 Å². The van der Waals surface area contributed by atoms with Gasteiger partial charge in [0.25, 0.3) is 5.69 Å². The summed E-state index contributed by atoms with van der Waals surface area (Å²) in [4.78, 5) is 10.6. The molecule has 1 fully saturated rings. The van der Waals surface area contributed by atoms with E-state index in [1.807, 2.05) is 13.0 Å². The summed E-state index contributed by atoms with van der Waals surface area (Å²) in [6.45, 7) is 2.47. The predicted molar refractivity (Wildman–Crippen MR) is 78.9 cm³/mol. The quantitative estimate of drug-likeness (QED) is 0.656. The molecule has 0 amide bonds. The van der Waals surface area contributed by atoms with Crippen molar-refractivity contribution < 1.29 is 10.0 Å². The molecule has 1 aromatic carbocycles. The molecule has 2 atom stereocenters. The smallest absolute Gasteiger partial charge is 0.293 e. The summed E-state index contributed by atoms with van der Waals surface area (Å²) in [6, 6.07) is 6.26. The molecular formula is C15H19N3O3. The Bertz CT molecular complexity index is 582. The van der Waals surface area contributed by atoms with E-state index in [9.17, 15) is 15.2 Å². The van der Waals surface area contributed by atoms with Gasteiger partial charge in [0.05, 0.1) is 22.7 Å². The van der Waals surface area contributed by atoms with Gasteiger partial charge >= 0.3 is 0 Å². The molecule has 21 heavy (non-hydrogen) atoms. The number of hydrogen-bond acceptors (Lipinski definition) is 5. The number of nitro benzene ring substituents is 1. The number of anilines is 1. The monoisotopic (exact) mass is 289 g/mol. The largest absolute Gasteiger partial charge is 0.392 e. The van der Waals surface area contributed by atoms with Crippen LogP contribution in [0.15, 0.2) is 18.2 Å². The lowest BCUT2D eigenvalue weighted by atomic mass is 9.73. The summed E-state index contributed by atoms with van der Waals surface area (Å²) < 4.78 is 0. The zero-order valence-corrected chi connectivity index (χ0v) is 12.0. The van der Waals surface area contributed by atoms with Crippen molar-refractivity contribution >= 4 is 11.4 Å². The second kappa shape index (κ2) is 6.10. The highest BCUT2D eigenvalue weighted by atomic mass is 16.6. The Morgan fingerprint density at radius 1 is 1.57 bits per heavy atom. The molecule has 0 spiro atoms. The highest BCUT2D eigenvalue weighted by Crippen LogP contribution is 2.37. The molecule has 2 N–H and O–H groups in total. The molecule has 2 rings (SSSR count). The van der Waals surface area contributed by atoms with Gasteiger partial charge in [-0.3, -0.25) is 10.1 Å². The fourth-order valence-corrected chi connectivity index (χ4v) is 2.79. The molecule has 2 unspecified atom stereocenters. The van der Waals surface area contributed by atoms with E-state index in [0.717, 1.165) is 25.7 Å². The normalized spacial score (nSPS) is 25.1. The first kappa shape index (κ1) is 15.3. The molecule has 1 aliphatic rings. The molecular weight excluding hydrogens is 270 g/mol. The van der Waals surface area contributed by atoms with Crippen molar-refractivity contribution in [2.24, 2.45) is 5.41 Å². The third kappa shape index (κ3) is 3.31. The fraction of sp³-hybridized carbons (Fsp3) is 0.533. The van der Waals surface area contributed by atoms with E-state index in [2.05, 4.69) is 5.32 Å². The first-order valence-electron chi connectivity index (χ1n) is 7.07. The number of rotatable bonds is 4. The maximum atomic E-state index is 11.1. The Balaban J connectivity index is 2.16. The first-order valence-corrected chi connectivity index (χ1v) is 7.07. The SMILES string of the molecule is CC1(CNc2ccc(C#N)cc2[N+](=O)[O-])CCCCC1O. The van der Waals surface area contributed by atoms with E-state index >= 15 is 0 Å². The predicted octanol–water partition coefficient (Wildman–Crippen LogP) is 2.82. The number of aliphatic hydroxyl groups is 1. The van der Waals surface area contributed by atoms with Crippen molar-refractivity contribution in [2.45, 2.75) is 38.7 Å². The number of nitrogens with one attached hydrogen (secondary N) is 1. The summed E-state index contributed by atoms with van der Waals surface area (Å²) in [7, 11) is 0. The summed E-state index contributed by atoms with van der Waals surface area (Å²) in [6.07, 6.45) is 3.35. The maximum Gasteiger partial charge on any atom is 0.293 e. The van der Waals surface area contributed by atoms with Crippen LogP contribution < -0.4 is 5.32 Å². The Morgan fingerprint density at radius 3 is 2.95 bits per heavy atom. The van der Waals surface area contributed by atoms with Gasteiger partial charge in [0.1, 0.15) is 5.69 Å². The molecule has 0 bridgehead atoms. The van der Waals surface area contributed by atoms with E-state index < -0.39 is 11.0 Å². The van der Waals surface area contributed by atoms with Gasteiger partial charge in [-0.15, -0.1) is 0 Å². The molecule has 1 saturated carbocycles. The van der Waals surface area contributed by atoms with Crippen LogP contribution in [0.2, 0.25) is 0 Å². The lowest BCUT2D eigenvalue weighted by molar-refractivity contribution is -0.384. The minimum absolute atomic E-state index is 0.108. The summed E-state index contributed by atoms with van der Waals surface area (Å²) in [5.41, 5.74) is 0.261. The van der Waals surface area contributed by atoms with Crippen molar-refractivity contribution in [3.8, 4) is 6.07 Å². The molecule has 1 aliphatic carbocycles. The summed E-state index contributed by atoms with van der Waals surface area (Å²) in [5.74, 6) is 0. The number of aliphatic hydroxyl groups excluding tert-OH is 1. The summed E-state index contributed by atoms with van der Waals surface area (Å²) >= 11 is 0. The van der Waals surface area contributed by atoms with Crippen LogP contribution in [-0.2, 0) is 0 Å². The van der Waals surface area contributed by atoms with E-state index in [1.165, 1.54) is 6.07 Å². The average molecular weight is 289 g/mol. The van der Waals surface area contributed by atoms with Crippen molar-refractivity contribution in [1.29, 1.82) is 5.26 Å². The van der Waals surface area contributed by atoms with E-state index in [4.69, 9.17) is 5.26 Å². The number of hydrogen-bond donors (Lipinski definition) is 2. The zero-order valence-electron chi connectivity index (χ0n) is 12.0. The molecule has 1 aromatic rings. The van der Waals surface area contributed by atoms with Gasteiger partial charge < -0.3 is 10.4 Å². The number of nitrogens with zero attached hydrogens (tertiary/aromatic N) is 2. The maximum absolute atomic E-state index is 11.1. The first-order chi connectivity index (χ1) is 9.96. The van der Waals surface area contributed by atoms with Crippen molar-refractivity contribution in [2.75, 3.05) is 11.9 Å². The van der Waals surface area contributed by atoms with Crippen LogP contribution in [-0.4, -0.2) is 22.7 Å². The lowest BCUT2D eigenvalue weighted by Crippen LogP contribution is -2.41. The van der Waals surface area contributed by atoms with Crippen molar-refractivity contribution in [3.63, 3.8) is 0 Å². The highest BCUT2D eigenvalue weighted by Gasteiger charge is 2.35. The molecule has 0 radical (unpaired) electrons. The van der Waals surface area contributed by atoms with Crippen molar-refractivity contribution in [3.05, 3.63) is 33.9 Å². The zero-order chi connectivity index (χ0) is 15.5. The van der Waals surface area contributed by atoms with Gasteiger partial charge in [0.15, 0.2) is 0 Å². The number of benzene rings is 1. The van der Waals surface area contributed by atoms with Crippen LogP contribution in [0.25, 0.3) is 0 Å². The Hall–Kier alpha value is -2.13. The third-order valence-electron chi connectivity index (χ3n) is 4.29. The molecule has 0 heterocycles. The third-order valence-corrected chi connectivity index (χ3v) is 4.29. The van der Waals surface area contributed by atoms with E-state index in [0.29, 0.717) is 12.2 Å². The van der Waals surface area contributed by atoms with E-state index in [1.54, 1.807) is 12.1 Å². The van der Waals surface area contributed by atoms with Gasteiger partial charge in [0, 0.05) is 18.0 Å². The molecule has 6 heteroatoms. The minimum atomic E-state index is -0.497. The molecule has 112 valence electrons. The Morgan fingerprint density at radius 2 is 2.33 bits per heavy atom. The van der Waals surface area contributed by atoms with Gasteiger partial charge in [0.2, 0.25) is 0 Å². The topological polar surface area (TPSA) is 99.2 Å². The fourth-order valence-electron chi connectivity index (χ4n) is 2.79. The highest BCUT2D eigenvalue weighted by molar-refractivity contribution is 5.64. The van der Waals surface area contributed by atoms with Gasteiger partial charge in [-0.1, -0.05) is 19.8 Å². The second-order valence-corrected chi connectivity index (χ2v) is 5.87.